The van der Waals surface area contributed by atoms with Gasteiger partial charge >= 0.3 is 0 Å². The average Bonchev–Trinajstić information content (AvgIpc) is 2.97. The van der Waals surface area contributed by atoms with Crippen molar-refractivity contribution in [1.29, 1.82) is 0 Å². The topological polar surface area (TPSA) is 69.6 Å². The van der Waals surface area contributed by atoms with Gasteiger partial charge in [0.25, 0.3) is 0 Å². The number of aromatic nitrogens is 4. The van der Waals surface area contributed by atoms with E-state index < -0.39 is 0 Å². The van der Waals surface area contributed by atoms with Gasteiger partial charge in [0.05, 0.1) is 6.04 Å². The molecule has 0 spiro atoms. The summed E-state index contributed by atoms with van der Waals surface area (Å²) in [5.41, 5.74) is 7.70. The minimum atomic E-state index is 0.405. The Morgan fingerprint density at radius 1 is 1.20 bits per heavy atom. The largest absolute Gasteiger partial charge is 0.398 e. The second kappa shape index (κ2) is 5.61. The summed E-state index contributed by atoms with van der Waals surface area (Å²) in [4.78, 5) is 0. The van der Waals surface area contributed by atoms with Crippen molar-refractivity contribution in [3.63, 3.8) is 0 Å². The summed E-state index contributed by atoms with van der Waals surface area (Å²) in [5, 5.41) is 12.3. The summed E-state index contributed by atoms with van der Waals surface area (Å²) in [6.07, 6.45) is 6.13. The molecule has 2 aromatic rings. The van der Waals surface area contributed by atoms with Gasteiger partial charge in [-0.05, 0) is 54.2 Å². The molecule has 1 heterocycles. The lowest BCUT2D eigenvalue weighted by Gasteiger charge is -2.28. The molecule has 0 amide bonds. The second-order valence-corrected chi connectivity index (χ2v) is 5.62. The van der Waals surface area contributed by atoms with Gasteiger partial charge < -0.3 is 5.73 Å². The first-order valence-corrected chi connectivity index (χ1v) is 7.42. The van der Waals surface area contributed by atoms with Crippen LogP contribution in [0.4, 0.5) is 5.69 Å². The molecule has 1 aliphatic carbocycles. The summed E-state index contributed by atoms with van der Waals surface area (Å²) < 4.78 is 1.97. The second-order valence-electron chi connectivity index (χ2n) is 5.62. The first kappa shape index (κ1) is 13.1. The molecule has 1 aromatic carbocycles. The summed E-state index contributed by atoms with van der Waals surface area (Å²) in [7, 11) is 0. The van der Waals surface area contributed by atoms with Crippen molar-refractivity contribution in [1.82, 2.24) is 20.2 Å². The molecule has 20 heavy (non-hydrogen) atoms. The van der Waals surface area contributed by atoms with Crippen molar-refractivity contribution in [2.75, 3.05) is 5.73 Å². The Labute approximate surface area is 119 Å². The number of anilines is 1. The maximum absolute atomic E-state index is 6.04. The molecule has 1 aromatic heterocycles. The number of para-hydroxylation sites is 1. The van der Waals surface area contributed by atoms with E-state index in [1.165, 1.54) is 19.3 Å². The van der Waals surface area contributed by atoms with Gasteiger partial charge in [0, 0.05) is 11.3 Å². The molecule has 0 bridgehead atoms. The van der Waals surface area contributed by atoms with Crippen LogP contribution < -0.4 is 5.73 Å². The number of rotatable bonds is 3. The molecule has 1 saturated carbocycles. The van der Waals surface area contributed by atoms with E-state index in [1.807, 2.05) is 28.9 Å². The van der Waals surface area contributed by atoms with E-state index in [4.69, 9.17) is 5.73 Å². The summed E-state index contributed by atoms with van der Waals surface area (Å²) in [6.45, 7) is 2.28. The van der Waals surface area contributed by atoms with E-state index in [1.54, 1.807) is 0 Å². The molecule has 2 N–H and O–H groups in total. The fourth-order valence-electron chi connectivity index (χ4n) is 3.12. The Morgan fingerprint density at radius 3 is 2.65 bits per heavy atom. The molecular formula is C15H21N5. The van der Waals surface area contributed by atoms with Crippen LogP contribution in [0.25, 0.3) is 11.4 Å². The quantitative estimate of drug-likeness (QED) is 0.871. The fourth-order valence-corrected chi connectivity index (χ4v) is 3.12. The van der Waals surface area contributed by atoms with E-state index in [2.05, 4.69) is 22.4 Å². The SMILES string of the molecule is CCC1CCC(n2nnnc2-c2ccccc2N)CC1. The molecule has 0 radical (unpaired) electrons. The zero-order valence-electron chi connectivity index (χ0n) is 11.9. The Balaban J connectivity index is 1.86. The van der Waals surface area contributed by atoms with Crippen LogP contribution in [0, 0.1) is 5.92 Å². The van der Waals surface area contributed by atoms with Gasteiger partial charge in [0.15, 0.2) is 5.82 Å². The number of hydrogen-bond donors (Lipinski definition) is 1. The van der Waals surface area contributed by atoms with Crippen LogP contribution in [0.15, 0.2) is 24.3 Å². The Kier molecular flexibility index (Phi) is 3.67. The van der Waals surface area contributed by atoms with Gasteiger partial charge in [-0.1, -0.05) is 25.5 Å². The smallest absolute Gasteiger partial charge is 0.184 e. The zero-order chi connectivity index (χ0) is 13.9. The monoisotopic (exact) mass is 271 g/mol. The molecule has 0 aliphatic heterocycles. The van der Waals surface area contributed by atoms with Crippen molar-refractivity contribution < 1.29 is 0 Å². The van der Waals surface area contributed by atoms with Crippen LogP contribution in [0.2, 0.25) is 0 Å². The van der Waals surface area contributed by atoms with Gasteiger partial charge in [-0.3, -0.25) is 0 Å². The Hall–Kier alpha value is -1.91. The summed E-state index contributed by atoms with van der Waals surface area (Å²) in [5.74, 6) is 1.66. The number of tetrazole rings is 1. The number of nitrogens with zero attached hydrogens (tertiary/aromatic N) is 4. The summed E-state index contributed by atoms with van der Waals surface area (Å²) >= 11 is 0. The van der Waals surface area contributed by atoms with Crippen LogP contribution in [0.3, 0.4) is 0 Å². The molecule has 106 valence electrons. The molecule has 5 heteroatoms. The maximum atomic E-state index is 6.04. The van der Waals surface area contributed by atoms with Crippen molar-refractivity contribution in [2.45, 2.75) is 45.1 Å². The van der Waals surface area contributed by atoms with Crippen molar-refractivity contribution in [2.24, 2.45) is 5.92 Å². The highest BCUT2D eigenvalue weighted by atomic mass is 15.5. The van der Waals surface area contributed by atoms with Crippen LogP contribution in [0.1, 0.15) is 45.1 Å². The first-order valence-electron chi connectivity index (χ1n) is 7.42. The molecule has 5 nitrogen and oxygen atoms in total. The standard InChI is InChI=1S/C15H21N5/c1-2-11-7-9-12(10-8-11)20-15(17-18-19-20)13-5-3-4-6-14(13)16/h3-6,11-12H,2,7-10,16H2,1H3. The van der Waals surface area contributed by atoms with Gasteiger partial charge in [0.2, 0.25) is 0 Å². The third kappa shape index (κ3) is 2.40. The first-order chi connectivity index (χ1) is 9.79. The highest BCUT2D eigenvalue weighted by molar-refractivity contribution is 5.71. The predicted molar refractivity (Wildman–Crippen MR) is 79.0 cm³/mol. The van der Waals surface area contributed by atoms with E-state index in [9.17, 15) is 0 Å². The highest BCUT2D eigenvalue weighted by Gasteiger charge is 2.25. The van der Waals surface area contributed by atoms with Crippen LogP contribution in [-0.2, 0) is 0 Å². The lowest BCUT2D eigenvalue weighted by Crippen LogP contribution is -2.19. The molecule has 0 saturated heterocycles. The molecule has 3 rings (SSSR count). The number of nitrogen functional groups attached to an aromatic ring is 1. The Morgan fingerprint density at radius 2 is 1.95 bits per heavy atom. The highest BCUT2D eigenvalue weighted by Crippen LogP contribution is 2.35. The fraction of sp³-hybridized carbons (Fsp3) is 0.533. The van der Waals surface area contributed by atoms with Gasteiger partial charge in [-0.2, -0.15) is 0 Å². The maximum Gasteiger partial charge on any atom is 0.184 e. The minimum Gasteiger partial charge on any atom is -0.398 e. The number of hydrogen-bond acceptors (Lipinski definition) is 4. The molecular weight excluding hydrogens is 250 g/mol. The minimum absolute atomic E-state index is 0.405. The molecule has 1 aliphatic rings. The van der Waals surface area contributed by atoms with E-state index in [0.29, 0.717) is 6.04 Å². The van der Waals surface area contributed by atoms with Crippen LogP contribution >= 0.6 is 0 Å². The van der Waals surface area contributed by atoms with Gasteiger partial charge in [-0.15, -0.1) is 5.10 Å². The third-order valence-corrected chi connectivity index (χ3v) is 4.43. The van der Waals surface area contributed by atoms with Crippen molar-refractivity contribution >= 4 is 5.69 Å². The molecule has 0 unspecified atom stereocenters. The lowest BCUT2D eigenvalue weighted by atomic mass is 9.84. The number of benzene rings is 1. The average molecular weight is 271 g/mol. The third-order valence-electron chi connectivity index (χ3n) is 4.43. The van der Waals surface area contributed by atoms with Gasteiger partial charge in [-0.25, -0.2) is 4.68 Å². The Bertz CT molecular complexity index is 569. The van der Waals surface area contributed by atoms with E-state index in [-0.39, 0.29) is 0 Å². The van der Waals surface area contributed by atoms with Crippen molar-refractivity contribution in [3.05, 3.63) is 24.3 Å². The van der Waals surface area contributed by atoms with Gasteiger partial charge in [0.1, 0.15) is 0 Å². The zero-order valence-corrected chi connectivity index (χ0v) is 11.9. The van der Waals surface area contributed by atoms with Crippen molar-refractivity contribution in [3.8, 4) is 11.4 Å². The lowest BCUT2D eigenvalue weighted by molar-refractivity contribution is 0.255. The predicted octanol–water partition coefficient (Wildman–Crippen LogP) is 3.06. The van der Waals surface area contributed by atoms with E-state index >= 15 is 0 Å². The molecule has 0 atom stereocenters. The molecule has 1 fully saturated rings. The number of nitrogens with two attached hydrogens (primary N) is 1. The normalized spacial score (nSPS) is 22.9. The summed E-state index contributed by atoms with van der Waals surface area (Å²) in [6, 6.07) is 8.18. The van der Waals surface area contributed by atoms with E-state index in [0.717, 1.165) is 35.8 Å². The van der Waals surface area contributed by atoms with Crippen LogP contribution in [-0.4, -0.2) is 20.2 Å². The van der Waals surface area contributed by atoms with Crippen LogP contribution in [0.5, 0.6) is 0 Å².